The fourth-order valence-corrected chi connectivity index (χ4v) is 4.60. The average Bonchev–Trinajstić information content (AvgIpc) is 2.89. The summed E-state index contributed by atoms with van der Waals surface area (Å²) >= 11 is 6.19. The summed E-state index contributed by atoms with van der Waals surface area (Å²) in [5.74, 6) is -0.416. The number of phenols is 1. The lowest BCUT2D eigenvalue weighted by atomic mass is 9.88. The summed E-state index contributed by atoms with van der Waals surface area (Å²) in [7, 11) is 0. The number of carbonyl (C=O) groups excluding carboxylic acids is 3. The SMILES string of the molecule is O=C(NC(CC(=O)N1CCC(C(=O)c2ccc(O)cc2)CC1)c1ccccc1)c1ccccc1Cl. The molecule has 0 bridgehead atoms. The number of amides is 2. The maximum Gasteiger partial charge on any atom is 0.253 e. The number of nitrogens with one attached hydrogen (secondary N) is 1. The third-order valence-corrected chi connectivity index (χ3v) is 6.70. The first kappa shape index (κ1) is 24.5. The van der Waals surface area contributed by atoms with Gasteiger partial charge >= 0.3 is 0 Å². The van der Waals surface area contributed by atoms with E-state index in [4.69, 9.17) is 11.6 Å². The molecule has 1 aliphatic rings. The number of carbonyl (C=O) groups is 3. The Labute approximate surface area is 209 Å². The molecule has 1 heterocycles. The summed E-state index contributed by atoms with van der Waals surface area (Å²) in [4.78, 5) is 40.6. The number of rotatable bonds is 7. The van der Waals surface area contributed by atoms with Crippen LogP contribution in [0.15, 0.2) is 78.9 Å². The third-order valence-electron chi connectivity index (χ3n) is 6.37. The Hall–Kier alpha value is -3.64. The molecule has 6 nitrogen and oxygen atoms in total. The summed E-state index contributed by atoms with van der Waals surface area (Å²) in [5.41, 5.74) is 1.76. The van der Waals surface area contributed by atoms with Crippen molar-refractivity contribution in [3.8, 4) is 5.75 Å². The van der Waals surface area contributed by atoms with Gasteiger partial charge < -0.3 is 15.3 Å². The topological polar surface area (TPSA) is 86.7 Å². The van der Waals surface area contributed by atoms with Crippen LogP contribution in [0, 0.1) is 5.92 Å². The van der Waals surface area contributed by atoms with Crippen LogP contribution in [0.5, 0.6) is 5.75 Å². The lowest BCUT2D eigenvalue weighted by molar-refractivity contribution is -0.133. The molecular weight excluding hydrogens is 464 g/mol. The van der Waals surface area contributed by atoms with Crippen LogP contribution in [0.2, 0.25) is 5.02 Å². The maximum atomic E-state index is 13.2. The van der Waals surface area contributed by atoms with Crippen LogP contribution >= 0.6 is 11.6 Å². The molecule has 0 radical (unpaired) electrons. The molecule has 0 saturated carbocycles. The van der Waals surface area contributed by atoms with Crippen LogP contribution in [0.1, 0.15) is 51.6 Å². The van der Waals surface area contributed by atoms with Crippen molar-refractivity contribution in [3.05, 3.63) is 101 Å². The van der Waals surface area contributed by atoms with Gasteiger partial charge in [0, 0.05) is 24.6 Å². The van der Waals surface area contributed by atoms with Crippen LogP contribution in [-0.2, 0) is 4.79 Å². The van der Waals surface area contributed by atoms with Gasteiger partial charge in [0.05, 0.1) is 23.0 Å². The van der Waals surface area contributed by atoms with Gasteiger partial charge in [0.1, 0.15) is 5.75 Å². The molecule has 0 aliphatic carbocycles. The molecule has 1 unspecified atom stereocenters. The first-order chi connectivity index (χ1) is 16.9. The Morgan fingerprint density at radius 3 is 2.20 bits per heavy atom. The van der Waals surface area contributed by atoms with Crippen molar-refractivity contribution in [3.63, 3.8) is 0 Å². The maximum absolute atomic E-state index is 13.2. The predicted octanol–water partition coefficient (Wildman–Crippen LogP) is 5.03. The summed E-state index contributed by atoms with van der Waals surface area (Å²) in [6.45, 7) is 0.959. The smallest absolute Gasteiger partial charge is 0.253 e. The van der Waals surface area contributed by atoms with E-state index in [1.54, 1.807) is 41.3 Å². The molecule has 1 atom stereocenters. The third kappa shape index (κ3) is 6.08. The van der Waals surface area contributed by atoms with Crippen molar-refractivity contribution in [2.24, 2.45) is 5.92 Å². The highest BCUT2D eigenvalue weighted by Gasteiger charge is 2.30. The Morgan fingerprint density at radius 2 is 1.54 bits per heavy atom. The van der Waals surface area contributed by atoms with Crippen molar-refractivity contribution in [1.82, 2.24) is 10.2 Å². The number of ketones is 1. The quantitative estimate of drug-likeness (QED) is 0.455. The van der Waals surface area contributed by atoms with Gasteiger partial charge in [-0.15, -0.1) is 0 Å². The van der Waals surface area contributed by atoms with Gasteiger partial charge in [-0.25, -0.2) is 0 Å². The van der Waals surface area contributed by atoms with Crippen molar-refractivity contribution < 1.29 is 19.5 Å². The lowest BCUT2D eigenvalue weighted by Crippen LogP contribution is -2.42. The van der Waals surface area contributed by atoms with Gasteiger partial charge in [-0.3, -0.25) is 14.4 Å². The van der Waals surface area contributed by atoms with Crippen molar-refractivity contribution in [1.29, 1.82) is 0 Å². The molecular formula is C28H27ClN2O4. The molecule has 1 saturated heterocycles. The number of aromatic hydroxyl groups is 1. The van der Waals surface area contributed by atoms with Crippen molar-refractivity contribution >= 4 is 29.2 Å². The number of likely N-dealkylation sites (tertiary alicyclic amines) is 1. The highest BCUT2D eigenvalue weighted by Crippen LogP contribution is 2.26. The Morgan fingerprint density at radius 1 is 0.914 bits per heavy atom. The zero-order chi connectivity index (χ0) is 24.8. The highest BCUT2D eigenvalue weighted by atomic mass is 35.5. The van der Waals surface area contributed by atoms with E-state index in [0.717, 1.165) is 5.56 Å². The fraction of sp³-hybridized carbons (Fsp3) is 0.250. The first-order valence-electron chi connectivity index (χ1n) is 11.6. The molecule has 180 valence electrons. The number of piperidine rings is 1. The van der Waals surface area contributed by atoms with Crippen molar-refractivity contribution in [2.75, 3.05) is 13.1 Å². The van der Waals surface area contributed by atoms with Crippen LogP contribution in [-0.4, -0.2) is 40.7 Å². The second kappa shape index (κ2) is 11.2. The predicted molar refractivity (Wildman–Crippen MR) is 134 cm³/mol. The highest BCUT2D eigenvalue weighted by molar-refractivity contribution is 6.33. The lowest BCUT2D eigenvalue weighted by Gasteiger charge is -2.32. The number of halogens is 1. The van der Waals surface area contributed by atoms with Gasteiger partial charge in [0.25, 0.3) is 5.91 Å². The number of Topliss-reactive ketones (excluding diaryl/α,β-unsaturated/α-hetero) is 1. The summed E-state index contributed by atoms with van der Waals surface area (Å²) in [5, 5.41) is 12.8. The molecule has 35 heavy (non-hydrogen) atoms. The average molecular weight is 491 g/mol. The van der Waals surface area contributed by atoms with E-state index < -0.39 is 6.04 Å². The monoisotopic (exact) mass is 490 g/mol. The first-order valence-corrected chi connectivity index (χ1v) is 12.0. The van der Waals surface area contributed by atoms with E-state index in [9.17, 15) is 19.5 Å². The molecule has 0 spiro atoms. The van der Waals surface area contributed by atoms with E-state index in [2.05, 4.69) is 5.32 Å². The number of benzene rings is 3. The zero-order valence-electron chi connectivity index (χ0n) is 19.2. The van der Waals surface area contributed by atoms with E-state index in [1.165, 1.54) is 12.1 Å². The second-order valence-corrected chi connectivity index (χ2v) is 9.09. The Balaban J connectivity index is 1.40. The van der Waals surface area contributed by atoms with Crippen molar-refractivity contribution in [2.45, 2.75) is 25.3 Å². The van der Waals surface area contributed by atoms with Crippen LogP contribution in [0.4, 0.5) is 0 Å². The summed E-state index contributed by atoms with van der Waals surface area (Å²) in [6.07, 6.45) is 1.26. The number of hydrogen-bond acceptors (Lipinski definition) is 4. The van der Waals surface area contributed by atoms with Gasteiger partial charge in [-0.1, -0.05) is 54.1 Å². The zero-order valence-corrected chi connectivity index (χ0v) is 19.9. The van der Waals surface area contributed by atoms with Gasteiger partial charge in [-0.05, 0) is 54.8 Å². The number of phenolic OH excluding ortho intramolecular Hbond substituents is 1. The number of nitrogens with zero attached hydrogens (tertiary/aromatic N) is 1. The van der Waals surface area contributed by atoms with Crippen LogP contribution in [0.25, 0.3) is 0 Å². The fourth-order valence-electron chi connectivity index (χ4n) is 4.38. The molecule has 1 aliphatic heterocycles. The minimum absolute atomic E-state index is 0.0336. The molecule has 7 heteroatoms. The number of hydrogen-bond donors (Lipinski definition) is 2. The van der Waals surface area contributed by atoms with Gasteiger partial charge in [-0.2, -0.15) is 0 Å². The summed E-state index contributed by atoms with van der Waals surface area (Å²) < 4.78 is 0. The Kier molecular flexibility index (Phi) is 7.83. The minimum atomic E-state index is -0.510. The molecule has 3 aromatic carbocycles. The second-order valence-electron chi connectivity index (χ2n) is 8.69. The standard InChI is InChI=1S/C28H27ClN2O4/c29-24-9-5-4-8-23(24)28(35)30-25(19-6-2-1-3-7-19)18-26(33)31-16-14-21(15-17-31)27(34)20-10-12-22(32)13-11-20/h1-13,21,25,32H,14-18H2,(H,30,35). The molecule has 0 aromatic heterocycles. The molecule has 1 fully saturated rings. The van der Waals surface area contributed by atoms with E-state index in [0.29, 0.717) is 42.1 Å². The molecule has 4 rings (SSSR count). The normalized spacial score (nSPS) is 14.8. The van der Waals surface area contributed by atoms with Gasteiger partial charge in [0.2, 0.25) is 5.91 Å². The van der Waals surface area contributed by atoms with Crippen LogP contribution < -0.4 is 5.32 Å². The molecule has 3 aromatic rings. The van der Waals surface area contributed by atoms with Crippen LogP contribution in [0.3, 0.4) is 0 Å². The molecule has 2 N–H and O–H groups in total. The molecule has 2 amide bonds. The Bertz CT molecular complexity index is 1190. The largest absolute Gasteiger partial charge is 0.508 e. The van der Waals surface area contributed by atoms with E-state index in [-0.39, 0.29) is 35.7 Å². The van der Waals surface area contributed by atoms with E-state index >= 15 is 0 Å². The van der Waals surface area contributed by atoms with Gasteiger partial charge in [0.15, 0.2) is 5.78 Å². The minimum Gasteiger partial charge on any atom is -0.508 e. The summed E-state index contributed by atoms with van der Waals surface area (Å²) in [6, 6.07) is 21.9. The van der Waals surface area contributed by atoms with E-state index in [1.807, 2.05) is 30.3 Å².